The van der Waals surface area contributed by atoms with Gasteiger partial charge in [0, 0.05) is 18.2 Å². The molecule has 1 aliphatic heterocycles. The Bertz CT molecular complexity index is 809. The highest BCUT2D eigenvalue weighted by Crippen LogP contribution is 2.21. The Balaban J connectivity index is 1.55. The third-order valence-corrected chi connectivity index (χ3v) is 4.69. The van der Waals surface area contributed by atoms with Gasteiger partial charge in [-0.2, -0.15) is 5.26 Å². The van der Waals surface area contributed by atoms with Gasteiger partial charge >= 0.3 is 0 Å². The van der Waals surface area contributed by atoms with Gasteiger partial charge in [0.15, 0.2) is 0 Å². The summed E-state index contributed by atoms with van der Waals surface area (Å²) in [4.78, 5) is 26.6. The summed E-state index contributed by atoms with van der Waals surface area (Å²) in [6.07, 6.45) is 2.83. The number of benzene rings is 2. The Hall–Kier alpha value is -3.13. The highest BCUT2D eigenvalue weighted by atomic mass is 16.2. The second-order valence-corrected chi connectivity index (χ2v) is 6.44. The van der Waals surface area contributed by atoms with Crippen molar-refractivity contribution < 1.29 is 9.59 Å². The molecule has 1 heterocycles. The van der Waals surface area contributed by atoms with Crippen LogP contribution in [0.4, 0.5) is 0 Å². The van der Waals surface area contributed by atoms with E-state index in [2.05, 4.69) is 17.4 Å². The summed E-state index contributed by atoms with van der Waals surface area (Å²) < 4.78 is 0. The first kappa shape index (κ1) is 17.7. The van der Waals surface area contributed by atoms with E-state index in [1.54, 1.807) is 24.3 Å². The fourth-order valence-corrected chi connectivity index (χ4v) is 3.32. The first-order chi connectivity index (χ1) is 12.7. The molecule has 3 rings (SSSR count). The topological polar surface area (TPSA) is 73.2 Å². The van der Waals surface area contributed by atoms with Crippen LogP contribution in [0.5, 0.6) is 0 Å². The lowest BCUT2D eigenvalue weighted by atomic mass is 10.0. The number of amides is 2. The third-order valence-electron chi connectivity index (χ3n) is 4.69. The molecule has 0 aliphatic carbocycles. The molecule has 0 aromatic heterocycles. The predicted octanol–water partition coefficient (Wildman–Crippen LogP) is 2.52. The number of nitriles is 1. The fraction of sp³-hybridized carbons (Fsp3) is 0.286. The monoisotopic (exact) mass is 347 g/mol. The van der Waals surface area contributed by atoms with Crippen LogP contribution in [0.15, 0.2) is 54.6 Å². The van der Waals surface area contributed by atoms with Crippen molar-refractivity contribution in [2.24, 2.45) is 0 Å². The van der Waals surface area contributed by atoms with E-state index in [0.29, 0.717) is 11.1 Å². The molecule has 2 aromatic carbocycles. The summed E-state index contributed by atoms with van der Waals surface area (Å²) in [5.74, 6) is -0.355. The van der Waals surface area contributed by atoms with Gasteiger partial charge in [-0.3, -0.25) is 9.59 Å². The summed E-state index contributed by atoms with van der Waals surface area (Å²) in [6.45, 7) is 0.729. The lowest BCUT2D eigenvalue weighted by Gasteiger charge is -2.25. The molecule has 1 aliphatic rings. The normalized spacial score (nSPS) is 16.1. The molecule has 5 nitrogen and oxygen atoms in total. The van der Waals surface area contributed by atoms with Crippen LogP contribution in [-0.2, 0) is 11.2 Å². The van der Waals surface area contributed by atoms with E-state index >= 15 is 0 Å². The van der Waals surface area contributed by atoms with E-state index in [1.165, 1.54) is 5.56 Å². The van der Waals surface area contributed by atoms with E-state index in [9.17, 15) is 9.59 Å². The second-order valence-electron chi connectivity index (χ2n) is 6.44. The number of carbonyl (C=O) groups excluding carboxylic acids is 2. The van der Waals surface area contributed by atoms with Gasteiger partial charge in [0.05, 0.1) is 18.2 Å². The van der Waals surface area contributed by atoms with Gasteiger partial charge < -0.3 is 10.2 Å². The molecule has 132 valence electrons. The molecule has 0 radical (unpaired) electrons. The molecule has 1 saturated heterocycles. The summed E-state index contributed by atoms with van der Waals surface area (Å²) in [7, 11) is 0. The second kappa shape index (κ2) is 8.30. The lowest BCUT2D eigenvalue weighted by molar-refractivity contribution is -0.130. The van der Waals surface area contributed by atoms with E-state index in [-0.39, 0.29) is 24.4 Å². The molecule has 2 aromatic rings. The van der Waals surface area contributed by atoms with Crippen molar-refractivity contribution in [3.05, 3.63) is 71.3 Å². The van der Waals surface area contributed by atoms with Crippen molar-refractivity contribution >= 4 is 11.8 Å². The van der Waals surface area contributed by atoms with E-state index in [1.807, 2.05) is 29.2 Å². The summed E-state index contributed by atoms with van der Waals surface area (Å²) in [5.41, 5.74) is 2.16. The molecule has 1 fully saturated rings. The van der Waals surface area contributed by atoms with Crippen LogP contribution in [0.25, 0.3) is 0 Å². The number of hydrogen-bond donors (Lipinski definition) is 1. The van der Waals surface area contributed by atoms with Gasteiger partial charge in [-0.15, -0.1) is 0 Å². The van der Waals surface area contributed by atoms with Crippen LogP contribution in [0.1, 0.15) is 34.3 Å². The number of likely N-dealkylation sites (tertiary alicyclic amines) is 1. The molecular formula is C21H21N3O2. The molecule has 26 heavy (non-hydrogen) atoms. The first-order valence-electron chi connectivity index (χ1n) is 8.79. The molecule has 2 amide bonds. The Labute approximate surface area is 153 Å². The van der Waals surface area contributed by atoms with E-state index < -0.39 is 0 Å². The molecule has 1 N–H and O–H groups in total. The largest absolute Gasteiger partial charge is 0.343 e. The predicted molar refractivity (Wildman–Crippen MR) is 98.4 cm³/mol. The van der Waals surface area contributed by atoms with Crippen molar-refractivity contribution in [2.45, 2.75) is 25.3 Å². The average molecular weight is 347 g/mol. The zero-order valence-corrected chi connectivity index (χ0v) is 14.5. The van der Waals surface area contributed by atoms with Crippen LogP contribution in [0, 0.1) is 11.3 Å². The molecule has 0 bridgehead atoms. The quantitative estimate of drug-likeness (QED) is 0.903. The Morgan fingerprint density at radius 1 is 1.12 bits per heavy atom. The van der Waals surface area contributed by atoms with Gasteiger partial charge in [-0.05, 0) is 49.1 Å². The number of nitrogens with one attached hydrogen (secondary N) is 1. The Morgan fingerprint density at radius 3 is 2.54 bits per heavy atom. The minimum atomic E-state index is -0.304. The minimum Gasteiger partial charge on any atom is -0.343 e. The lowest BCUT2D eigenvalue weighted by Crippen LogP contribution is -2.43. The molecule has 5 heteroatoms. The van der Waals surface area contributed by atoms with Gasteiger partial charge in [-0.1, -0.05) is 30.3 Å². The van der Waals surface area contributed by atoms with Crippen LogP contribution < -0.4 is 5.32 Å². The van der Waals surface area contributed by atoms with Crippen molar-refractivity contribution in [2.75, 3.05) is 13.1 Å². The average Bonchev–Trinajstić information content (AvgIpc) is 3.15. The van der Waals surface area contributed by atoms with Gasteiger partial charge in [0.25, 0.3) is 5.91 Å². The zero-order valence-electron chi connectivity index (χ0n) is 14.5. The number of hydrogen-bond acceptors (Lipinski definition) is 3. The van der Waals surface area contributed by atoms with Crippen LogP contribution >= 0.6 is 0 Å². The Kier molecular flexibility index (Phi) is 5.65. The Morgan fingerprint density at radius 2 is 1.85 bits per heavy atom. The van der Waals surface area contributed by atoms with Gasteiger partial charge in [0.1, 0.15) is 0 Å². The van der Waals surface area contributed by atoms with E-state index in [4.69, 9.17) is 5.26 Å². The molecule has 0 saturated carbocycles. The maximum Gasteiger partial charge on any atom is 0.251 e. The van der Waals surface area contributed by atoms with Crippen LogP contribution in [-0.4, -0.2) is 35.8 Å². The van der Waals surface area contributed by atoms with Gasteiger partial charge in [0.2, 0.25) is 5.91 Å². The third kappa shape index (κ3) is 4.28. The van der Waals surface area contributed by atoms with Crippen molar-refractivity contribution in [3.63, 3.8) is 0 Å². The highest BCUT2D eigenvalue weighted by molar-refractivity contribution is 5.96. The number of carbonyl (C=O) groups is 2. The van der Waals surface area contributed by atoms with Crippen molar-refractivity contribution in [3.8, 4) is 6.07 Å². The first-order valence-corrected chi connectivity index (χ1v) is 8.79. The molecule has 1 atom stereocenters. The van der Waals surface area contributed by atoms with Crippen molar-refractivity contribution in [1.82, 2.24) is 10.2 Å². The summed E-state index contributed by atoms with van der Waals surface area (Å²) in [5, 5.41) is 11.5. The minimum absolute atomic E-state index is 0.00980. The standard InChI is InChI=1S/C21H21N3O2/c22-14-17-8-10-18(11-9-17)21(26)23-15-20(25)24-12-4-7-19(24)13-16-5-2-1-3-6-16/h1-3,5-6,8-11,19H,4,7,12-13,15H2,(H,23,26). The molecular weight excluding hydrogens is 326 g/mol. The highest BCUT2D eigenvalue weighted by Gasteiger charge is 2.28. The number of rotatable bonds is 5. The zero-order chi connectivity index (χ0) is 18.4. The molecule has 1 unspecified atom stereocenters. The smallest absolute Gasteiger partial charge is 0.251 e. The van der Waals surface area contributed by atoms with Gasteiger partial charge in [-0.25, -0.2) is 0 Å². The summed E-state index contributed by atoms with van der Waals surface area (Å²) >= 11 is 0. The molecule has 0 spiro atoms. The SMILES string of the molecule is N#Cc1ccc(C(=O)NCC(=O)N2CCCC2Cc2ccccc2)cc1. The van der Waals surface area contributed by atoms with Crippen molar-refractivity contribution in [1.29, 1.82) is 5.26 Å². The maximum absolute atomic E-state index is 12.6. The summed E-state index contributed by atoms with van der Waals surface area (Å²) in [6, 6.07) is 18.7. The van der Waals surface area contributed by atoms with E-state index in [0.717, 1.165) is 25.8 Å². The van der Waals surface area contributed by atoms with Crippen LogP contribution in [0.3, 0.4) is 0 Å². The maximum atomic E-state index is 12.6. The number of nitrogens with zero attached hydrogens (tertiary/aromatic N) is 2. The fourth-order valence-electron chi connectivity index (χ4n) is 3.32. The van der Waals surface area contributed by atoms with Crippen LogP contribution in [0.2, 0.25) is 0 Å².